The Morgan fingerprint density at radius 2 is 1.05 bits per heavy atom. The van der Waals surface area contributed by atoms with Crippen LogP contribution in [0.5, 0.6) is 0 Å². The molecule has 0 aromatic heterocycles. The van der Waals surface area contributed by atoms with E-state index >= 15 is 0 Å². The van der Waals surface area contributed by atoms with Crippen LogP contribution in [0, 0.1) is 9.81 Å². The Hall–Kier alpha value is -1.30. The lowest BCUT2D eigenvalue weighted by Crippen LogP contribution is -2.26. The van der Waals surface area contributed by atoms with Gasteiger partial charge in [0, 0.05) is 0 Å². The van der Waals surface area contributed by atoms with Gasteiger partial charge in [0.25, 0.3) is 0 Å². The summed E-state index contributed by atoms with van der Waals surface area (Å²) >= 11 is 0. The number of rotatable bonds is 10. The van der Waals surface area contributed by atoms with Crippen LogP contribution in [0.2, 0.25) is 0 Å². The summed E-state index contributed by atoms with van der Waals surface area (Å²) < 4.78 is 44.8. The molecule has 0 unspecified atom stereocenters. The first-order chi connectivity index (χ1) is 8.62. The number of hydrogen-bond acceptors (Lipinski definition) is 8. The van der Waals surface area contributed by atoms with Crippen LogP contribution >= 0.6 is 0 Å². The largest absolute Gasteiger partial charge is 0.249 e. The summed E-state index contributed by atoms with van der Waals surface area (Å²) in [6.45, 7) is -0.175. The van der Waals surface area contributed by atoms with Crippen molar-refractivity contribution in [2.75, 3.05) is 25.6 Å². The molecule has 0 spiro atoms. The zero-order chi connectivity index (χ0) is 15.1. The molecule has 0 aliphatic rings. The number of sulfonamides is 2. The minimum absolute atomic E-state index is 0.0876. The van der Waals surface area contributed by atoms with E-state index in [-0.39, 0.29) is 13.1 Å². The van der Waals surface area contributed by atoms with Crippen molar-refractivity contribution in [3.63, 3.8) is 0 Å². The normalized spacial score (nSPS) is 11.9. The standard InChI is InChI=1S/C7H16N4O6S2/c1-18(14,15)10(8-12)6-4-3-5-7-11(9-13)19(2,16)17/h3-7H2,1-2H3. The van der Waals surface area contributed by atoms with E-state index in [2.05, 4.69) is 10.6 Å². The third kappa shape index (κ3) is 7.00. The topological polar surface area (TPSA) is 134 Å². The van der Waals surface area contributed by atoms with Gasteiger partial charge in [-0.1, -0.05) is 0 Å². The molecule has 0 aliphatic heterocycles. The number of nitrogens with zero attached hydrogens (tertiary/aromatic N) is 4. The molecular formula is C7H16N4O6S2. The van der Waals surface area contributed by atoms with Crippen molar-refractivity contribution in [1.29, 1.82) is 0 Å². The van der Waals surface area contributed by atoms with Gasteiger partial charge in [0.1, 0.15) is 0 Å². The SMILES string of the molecule is CS(=O)(=O)N(CCCCCN(N=O)S(C)(=O)=O)N=O. The predicted molar refractivity (Wildman–Crippen MR) is 68.5 cm³/mol. The molecule has 10 nitrogen and oxygen atoms in total. The highest BCUT2D eigenvalue weighted by Gasteiger charge is 2.16. The monoisotopic (exact) mass is 316 g/mol. The first-order valence-electron chi connectivity index (χ1n) is 5.25. The lowest BCUT2D eigenvalue weighted by molar-refractivity contribution is 0.391. The molecule has 0 fully saturated rings. The molecule has 0 heterocycles. The zero-order valence-corrected chi connectivity index (χ0v) is 12.2. The third-order valence-electron chi connectivity index (χ3n) is 2.15. The highest BCUT2D eigenvalue weighted by molar-refractivity contribution is 7.88. The molecule has 0 radical (unpaired) electrons. The Bertz CT molecular complexity index is 456. The van der Waals surface area contributed by atoms with Crippen molar-refractivity contribution in [3.05, 3.63) is 9.81 Å². The average Bonchev–Trinajstić information content (AvgIpc) is 2.24. The maximum Gasteiger partial charge on any atom is 0.249 e. The molecule has 112 valence electrons. The smallest absolute Gasteiger partial charge is 0.205 e. The molecule has 0 aliphatic carbocycles. The maximum atomic E-state index is 11.0. The maximum absolute atomic E-state index is 11.0. The molecule has 12 heteroatoms. The van der Waals surface area contributed by atoms with Gasteiger partial charge in [-0.15, -0.1) is 9.81 Å². The molecule has 0 rings (SSSR count). The Kier molecular flexibility index (Phi) is 6.83. The first kappa shape index (κ1) is 17.7. The van der Waals surface area contributed by atoms with Crippen LogP contribution in [0.15, 0.2) is 10.6 Å². The Labute approximate surface area is 111 Å². The number of hydrogen-bond donors (Lipinski definition) is 0. The predicted octanol–water partition coefficient (Wildman–Crippen LogP) is 0.0427. The molecule has 0 saturated heterocycles. The van der Waals surface area contributed by atoms with E-state index in [1.807, 2.05) is 0 Å². The molecule has 0 amide bonds. The van der Waals surface area contributed by atoms with Gasteiger partial charge in [-0.3, -0.25) is 0 Å². The van der Waals surface area contributed by atoms with Crippen LogP contribution < -0.4 is 0 Å². The second-order valence-electron chi connectivity index (χ2n) is 3.84. The fraction of sp³-hybridized carbons (Fsp3) is 1.00. The van der Waals surface area contributed by atoms with E-state index in [0.29, 0.717) is 28.1 Å². The van der Waals surface area contributed by atoms with Crippen molar-refractivity contribution in [2.45, 2.75) is 19.3 Å². The second kappa shape index (κ2) is 7.33. The van der Waals surface area contributed by atoms with Crippen molar-refractivity contribution >= 4 is 20.0 Å². The van der Waals surface area contributed by atoms with Crippen molar-refractivity contribution < 1.29 is 16.8 Å². The van der Waals surface area contributed by atoms with Crippen LogP contribution in [0.25, 0.3) is 0 Å². The Morgan fingerprint density at radius 3 is 1.26 bits per heavy atom. The quantitative estimate of drug-likeness (QED) is 0.317. The first-order valence-corrected chi connectivity index (χ1v) is 8.94. The van der Waals surface area contributed by atoms with Crippen molar-refractivity contribution in [3.8, 4) is 0 Å². The second-order valence-corrected chi connectivity index (χ2v) is 7.62. The highest BCUT2D eigenvalue weighted by atomic mass is 32.2. The van der Waals surface area contributed by atoms with E-state index in [1.165, 1.54) is 0 Å². The fourth-order valence-electron chi connectivity index (χ4n) is 1.21. The Morgan fingerprint density at radius 1 is 0.737 bits per heavy atom. The minimum Gasteiger partial charge on any atom is -0.205 e. The van der Waals surface area contributed by atoms with Gasteiger partial charge in [0.2, 0.25) is 20.0 Å². The van der Waals surface area contributed by atoms with Gasteiger partial charge in [0.05, 0.1) is 36.2 Å². The molecule has 0 bridgehead atoms. The lowest BCUT2D eigenvalue weighted by Gasteiger charge is -2.13. The van der Waals surface area contributed by atoms with Gasteiger partial charge < -0.3 is 0 Å². The Balaban J connectivity index is 4.07. The summed E-state index contributed by atoms with van der Waals surface area (Å²) in [5.41, 5.74) is 0. The fourth-order valence-corrected chi connectivity index (χ4v) is 2.37. The van der Waals surface area contributed by atoms with Crippen molar-refractivity contribution in [2.24, 2.45) is 10.6 Å². The van der Waals surface area contributed by atoms with Crippen LogP contribution in [-0.4, -0.2) is 51.3 Å². The lowest BCUT2D eigenvalue weighted by atomic mass is 10.2. The van der Waals surface area contributed by atoms with Crippen LogP contribution in [0.4, 0.5) is 0 Å². The van der Waals surface area contributed by atoms with E-state index in [9.17, 15) is 26.6 Å². The number of unbranched alkanes of at least 4 members (excludes halogenated alkanes) is 2. The van der Waals surface area contributed by atoms with Gasteiger partial charge in [-0.25, -0.2) is 16.8 Å². The van der Waals surface area contributed by atoms with E-state index in [0.717, 1.165) is 12.5 Å². The van der Waals surface area contributed by atoms with Gasteiger partial charge in [0.15, 0.2) is 0 Å². The number of nitroso groups, excluding NO2 is 2. The molecule has 0 aromatic carbocycles. The average molecular weight is 316 g/mol. The molecule has 0 atom stereocenters. The summed E-state index contributed by atoms with van der Waals surface area (Å²) in [5.74, 6) is 0. The molecule has 0 aromatic rings. The molecule has 0 saturated carbocycles. The molecule has 19 heavy (non-hydrogen) atoms. The third-order valence-corrected chi connectivity index (χ3v) is 4.18. The summed E-state index contributed by atoms with van der Waals surface area (Å²) in [5, 5.41) is 4.74. The highest BCUT2D eigenvalue weighted by Crippen LogP contribution is 2.06. The van der Waals surface area contributed by atoms with Crippen LogP contribution in [-0.2, 0) is 20.0 Å². The minimum atomic E-state index is -3.67. The summed E-state index contributed by atoms with van der Waals surface area (Å²) in [4.78, 5) is 20.5. The van der Waals surface area contributed by atoms with E-state index in [1.54, 1.807) is 0 Å². The summed E-state index contributed by atoms with van der Waals surface area (Å²) in [6, 6.07) is 0. The van der Waals surface area contributed by atoms with Crippen molar-refractivity contribution in [1.82, 2.24) is 8.83 Å². The summed E-state index contributed by atoms with van der Waals surface area (Å²) in [7, 11) is -7.33. The molecular weight excluding hydrogens is 300 g/mol. The van der Waals surface area contributed by atoms with E-state index in [4.69, 9.17) is 0 Å². The zero-order valence-electron chi connectivity index (χ0n) is 10.6. The molecule has 0 N–H and O–H groups in total. The van der Waals surface area contributed by atoms with Gasteiger partial charge >= 0.3 is 0 Å². The van der Waals surface area contributed by atoms with Gasteiger partial charge in [-0.05, 0) is 19.3 Å². The van der Waals surface area contributed by atoms with E-state index < -0.39 is 20.0 Å². The summed E-state index contributed by atoms with van der Waals surface area (Å²) in [6.07, 6.45) is 2.76. The van der Waals surface area contributed by atoms with Gasteiger partial charge in [-0.2, -0.15) is 8.83 Å². The van der Waals surface area contributed by atoms with Crippen LogP contribution in [0.1, 0.15) is 19.3 Å². The van der Waals surface area contributed by atoms with Crippen LogP contribution in [0.3, 0.4) is 0 Å².